The van der Waals surface area contributed by atoms with Gasteiger partial charge in [0.1, 0.15) is 0 Å². The van der Waals surface area contributed by atoms with E-state index in [0.29, 0.717) is 0 Å². The van der Waals surface area contributed by atoms with E-state index in [4.69, 9.17) is 4.55 Å². The Morgan fingerprint density at radius 1 is 1.71 bits per heavy atom. The van der Waals surface area contributed by atoms with Crippen molar-refractivity contribution in [3.63, 3.8) is 0 Å². The lowest BCUT2D eigenvalue weighted by atomic mass is 10.9. The minimum Gasteiger partial charge on any atom is -0.263 e. The lowest BCUT2D eigenvalue weighted by Gasteiger charge is -1.84. The van der Waals surface area contributed by atoms with Crippen molar-refractivity contribution < 1.29 is 17.2 Å². The first-order valence-corrected chi connectivity index (χ1v) is 2.84. The van der Waals surface area contributed by atoms with E-state index in [1.807, 2.05) is 0 Å². The molecule has 0 aliphatic carbocycles. The van der Waals surface area contributed by atoms with Gasteiger partial charge in [0.15, 0.2) is 0 Å². The molecule has 42 valence electrons. The smallest absolute Gasteiger partial charge is 0.263 e. The Hall–Kier alpha value is -0.260. The third-order valence-electron chi connectivity index (χ3n) is 0.232. The molecule has 0 saturated heterocycles. The molecule has 0 unspecified atom stereocenters. The standard InChI is InChI=1S/C2H4O4S/c1-2-6-7(3,4)5/h1-2H2/p+1. The minimum absolute atomic E-state index is 0.279. The molecule has 4 nitrogen and oxygen atoms in total. The van der Waals surface area contributed by atoms with Gasteiger partial charge in [-0.05, 0) is 0 Å². The van der Waals surface area contributed by atoms with E-state index in [-0.39, 0.29) is 6.61 Å². The Balaban J connectivity index is 3.60. The molecule has 0 bridgehead atoms. The summed E-state index contributed by atoms with van der Waals surface area (Å²) >= 11 is 0. The van der Waals surface area contributed by atoms with Crippen LogP contribution in [0, 0.1) is 6.92 Å². The Kier molecular flexibility index (Phi) is 2.07. The van der Waals surface area contributed by atoms with Crippen LogP contribution in [0.4, 0.5) is 0 Å². The summed E-state index contributed by atoms with van der Waals surface area (Å²) in [5.74, 6) is 0. The third kappa shape index (κ3) is 5.74. The summed E-state index contributed by atoms with van der Waals surface area (Å²) in [5, 5.41) is 0. The highest BCUT2D eigenvalue weighted by molar-refractivity contribution is 7.80. The normalized spacial score (nSPS) is 11.6. The molecular weight excluding hydrogens is 120 g/mol. The monoisotopic (exact) mass is 125 g/mol. The van der Waals surface area contributed by atoms with Crippen molar-refractivity contribution in [3.8, 4) is 0 Å². The van der Waals surface area contributed by atoms with Gasteiger partial charge in [0, 0.05) is 0 Å². The number of rotatable bonds is 2. The fourth-order valence-electron chi connectivity index (χ4n) is 0.105. The van der Waals surface area contributed by atoms with Crippen LogP contribution in [-0.4, -0.2) is 19.6 Å². The van der Waals surface area contributed by atoms with Crippen LogP contribution in [0.2, 0.25) is 0 Å². The van der Waals surface area contributed by atoms with Crippen LogP contribution in [0.25, 0.3) is 0 Å². The molecule has 0 spiro atoms. The second-order valence-electron chi connectivity index (χ2n) is 0.750. The highest BCUT2D eigenvalue weighted by Gasteiger charge is 2.01. The average Bonchev–Trinajstić information content (AvgIpc) is 1.30. The maximum absolute atomic E-state index is 9.52. The van der Waals surface area contributed by atoms with Crippen molar-refractivity contribution in [3.05, 3.63) is 6.92 Å². The van der Waals surface area contributed by atoms with Gasteiger partial charge in [-0.15, -0.1) is 0 Å². The van der Waals surface area contributed by atoms with Crippen LogP contribution in [0.1, 0.15) is 0 Å². The van der Waals surface area contributed by atoms with Gasteiger partial charge in [-0.2, -0.15) is 8.42 Å². The maximum atomic E-state index is 9.52. The van der Waals surface area contributed by atoms with Gasteiger partial charge >= 0.3 is 10.4 Å². The summed E-state index contributed by atoms with van der Waals surface area (Å²) in [6, 6.07) is 0. The van der Waals surface area contributed by atoms with Gasteiger partial charge in [-0.3, -0.25) is 4.55 Å². The molecule has 0 saturated carbocycles. The van der Waals surface area contributed by atoms with E-state index in [9.17, 15) is 8.42 Å². The quantitative estimate of drug-likeness (QED) is 0.404. The summed E-state index contributed by atoms with van der Waals surface area (Å²) in [6.07, 6.45) is 0. The molecule has 0 aromatic heterocycles. The lowest BCUT2D eigenvalue weighted by molar-refractivity contribution is 0.295. The van der Waals surface area contributed by atoms with Crippen LogP contribution in [0.15, 0.2) is 0 Å². The Bertz CT molecular complexity index is 123. The fourth-order valence-corrected chi connectivity index (χ4v) is 0.316. The molecule has 0 fully saturated rings. The molecule has 1 N–H and O–H groups in total. The topological polar surface area (TPSA) is 63.6 Å². The van der Waals surface area contributed by atoms with Crippen molar-refractivity contribution in [2.45, 2.75) is 0 Å². The fraction of sp³-hybridized carbons (Fsp3) is 0.500. The minimum atomic E-state index is -4.24. The van der Waals surface area contributed by atoms with Crippen molar-refractivity contribution in [1.29, 1.82) is 0 Å². The molecule has 0 radical (unpaired) electrons. The second-order valence-corrected chi connectivity index (χ2v) is 1.84. The lowest BCUT2D eigenvalue weighted by Crippen LogP contribution is -2.01. The molecule has 0 rings (SSSR count). The van der Waals surface area contributed by atoms with Gasteiger partial charge in [0.05, 0.1) is 6.92 Å². The van der Waals surface area contributed by atoms with Gasteiger partial charge in [-0.25, -0.2) is 4.18 Å². The largest absolute Gasteiger partial charge is 0.401 e. The predicted octanol–water partition coefficient (Wildman–Crippen LogP) is -0.360. The van der Waals surface area contributed by atoms with Crippen LogP contribution in [0.3, 0.4) is 0 Å². The van der Waals surface area contributed by atoms with Crippen molar-refractivity contribution >= 4 is 10.4 Å². The third-order valence-corrected chi connectivity index (χ3v) is 0.697. The van der Waals surface area contributed by atoms with Crippen molar-refractivity contribution in [2.75, 3.05) is 6.61 Å². The molecule has 0 amide bonds. The molecule has 0 aliphatic rings. The molecule has 0 atom stereocenters. The molecular formula is C2H5O4S+. The first-order chi connectivity index (χ1) is 3.06. The summed E-state index contributed by atoms with van der Waals surface area (Å²) in [5.41, 5.74) is 0. The zero-order valence-electron chi connectivity index (χ0n) is 3.49. The Morgan fingerprint density at radius 2 is 2.14 bits per heavy atom. The van der Waals surface area contributed by atoms with E-state index in [2.05, 4.69) is 11.1 Å². The first kappa shape index (κ1) is 6.74. The van der Waals surface area contributed by atoms with Crippen molar-refractivity contribution in [2.24, 2.45) is 0 Å². The SMILES string of the molecule is [CH2+]COS(=O)(=O)O. The van der Waals surface area contributed by atoms with Gasteiger partial charge < -0.3 is 0 Å². The van der Waals surface area contributed by atoms with E-state index in [0.717, 1.165) is 0 Å². The Labute approximate surface area is 42.1 Å². The molecule has 0 aromatic carbocycles. The van der Waals surface area contributed by atoms with Crippen LogP contribution in [0.5, 0.6) is 0 Å². The molecule has 7 heavy (non-hydrogen) atoms. The van der Waals surface area contributed by atoms with Crippen LogP contribution in [-0.2, 0) is 14.6 Å². The van der Waals surface area contributed by atoms with E-state index < -0.39 is 10.4 Å². The van der Waals surface area contributed by atoms with Gasteiger partial charge in [0.2, 0.25) is 6.61 Å². The Morgan fingerprint density at radius 3 is 2.14 bits per heavy atom. The van der Waals surface area contributed by atoms with Crippen LogP contribution >= 0.6 is 0 Å². The summed E-state index contributed by atoms with van der Waals surface area (Å²) in [7, 11) is -4.24. The zero-order chi connectivity index (χ0) is 5.91. The molecule has 0 heterocycles. The number of hydrogen-bond donors (Lipinski definition) is 1. The highest BCUT2D eigenvalue weighted by atomic mass is 32.3. The van der Waals surface area contributed by atoms with E-state index >= 15 is 0 Å². The zero-order valence-corrected chi connectivity index (χ0v) is 4.31. The maximum Gasteiger partial charge on any atom is 0.401 e. The highest BCUT2D eigenvalue weighted by Crippen LogP contribution is 1.80. The molecule has 0 aliphatic heterocycles. The summed E-state index contributed by atoms with van der Waals surface area (Å²) in [6.45, 7) is 2.73. The van der Waals surface area contributed by atoms with Crippen LogP contribution < -0.4 is 0 Å². The molecule has 0 aromatic rings. The van der Waals surface area contributed by atoms with Gasteiger partial charge in [0.25, 0.3) is 0 Å². The number of hydrogen-bond acceptors (Lipinski definition) is 3. The first-order valence-electron chi connectivity index (χ1n) is 1.47. The van der Waals surface area contributed by atoms with Crippen molar-refractivity contribution in [1.82, 2.24) is 0 Å². The van der Waals surface area contributed by atoms with E-state index in [1.54, 1.807) is 0 Å². The second kappa shape index (κ2) is 2.15. The summed E-state index contributed by atoms with van der Waals surface area (Å²) in [4.78, 5) is 0. The predicted molar refractivity (Wildman–Crippen MR) is 22.9 cm³/mol. The van der Waals surface area contributed by atoms with Gasteiger partial charge in [-0.1, -0.05) is 0 Å². The van der Waals surface area contributed by atoms with E-state index in [1.165, 1.54) is 0 Å². The molecule has 5 heteroatoms. The average molecular weight is 125 g/mol. The summed E-state index contributed by atoms with van der Waals surface area (Å²) < 4.78 is 30.4.